The average molecular weight is 280 g/mol. The minimum Gasteiger partial charge on any atom is -0.0833 e. The van der Waals surface area contributed by atoms with Gasteiger partial charge in [-0.25, -0.2) is 0 Å². The second kappa shape index (κ2) is 6.05. The Balaban J connectivity index is 2.63. The Morgan fingerprint density at radius 2 is 1.81 bits per heavy atom. The molecule has 0 nitrogen and oxygen atoms in total. The summed E-state index contributed by atoms with van der Waals surface area (Å²) in [6.07, 6.45) is 4.74. The van der Waals surface area contributed by atoms with E-state index in [0.717, 1.165) is 0 Å². The minimum absolute atomic E-state index is 0.228. The number of hydrogen-bond acceptors (Lipinski definition) is 0. The highest BCUT2D eigenvalue weighted by Crippen LogP contribution is 2.40. The summed E-state index contributed by atoms with van der Waals surface area (Å²) < 4.78 is 0. The fraction of sp³-hybridized carbons (Fsp3) is 0.429. The summed E-state index contributed by atoms with van der Waals surface area (Å²) in [5, 5.41) is 2.73. The fourth-order valence-electron chi connectivity index (χ4n) is 3.55. The standard InChI is InChI=1S/C21H28/c1-7-12-21(5,6)20(8-2)19-14-17-11-9-10-15(3)18(17)13-16(19)4/h8-11,13-14H,7,12H2,1-6H3/b20-8+. The number of allylic oxidation sites excluding steroid dienone is 2. The van der Waals surface area contributed by atoms with Crippen LogP contribution >= 0.6 is 0 Å². The molecule has 2 aromatic rings. The molecular formula is C21H28. The van der Waals surface area contributed by atoms with E-state index in [2.05, 4.69) is 78.0 Å². The normalized spacial score (nSPS) is 13.0. The monoisotopic (exact) mass is 280 g/mol. The van der Waals surface area contributed by atoms with Gasteiger partial charge in [0.05, 0.1) is 0 Å². The molecule has 0 radical (unpaired) electrons. The molecule has 0 aromatic heterocycles. The summed E-state index contributed by atoms with van der Waals surface area (Å²) in [7, 11) is 0. The molecule has 0 aliphatic heterocycles. The Bertz CT molecular complexity index is 672. The second-order valence-corrected chi connectivity index (χ2v) is 6.80. The van der Waals surface area contributed by atoms with Crippen molar-refractivity contribution in [2.24, 2.45) is 5.41 Å². The molecule has 0 saturated carbocycles. The molecular weight excluding hydrogens is 252 g/mol. The number of aryl methyl sites for hydroxylation is 2. The predicted octanol–water partition coefficient (Wildman–Crippen LogP) is 6.69. The van der Waals surface area contributed by atoms with E-state index in [0.29, 0.717) is 0 Å². The van der Waals surface area contributed by atoms with Crippen molar-refractivity contribution >= 4 is 16.3 Å². The van der Waals surface area contributed by atoms with Crippen LogP contribution in [0.5, 0.6) is 0 Å². The van der Waals surface area contributed by atoms with Gasteiger partial charge in [-0.2, -0.15) is 0 Å². The van der Waals surface area contributed by atoms with Crippen LogP contribution in [0, 0.1) is 19.3 Å². The maximum Gasteiger partial charge on any atom is -0.0101 e. The molecule has 0 heteroatoms. The first-order chi connectivity index (χ1) is 9.90. The van der Waals surface area contributed by atoms with Crippen molar-refractivity contribution < 1.29 is 0 Å². The van der Waals surface area contributed by atoms with Crippen LogP contribution in [0.3, 0.4) is 0 Å². The van der Waals surface area contributed by atoms with Gasteiger partial charge in [0.2, 0.25) is 0 Å². The maximum absolute atomic E-state index is 2.38. The van der Waals surface area contributed by atoms with E-state index in [1.165, 1.54) is 45.9 Å². The van der Waals surface area contributed by atoms with Crippen molar-refractivity contribution in [1.29, 1.82) is 0 Å². The molecule has 0 aliphatic carbocycles. The molecule has 0 atom stereocenters. The molecule has 0 aliphatic rings. The summed E-state index contributed by atoms with van der Waals surface area (Å²) in [5.74, 6) is 0. The zero-order valence-corrected chi connectivity index (χ0v) is 14.4. The third kappa shape index (κ3) is 3.05. The lowest BCUT2D eigenvalue weighted by Gasteiger charge is -2.29. The minimum atomic E-state index is 0.228. The summed E-state index contributed by atoms with van der Waals surface area (Å²) in [5.41, 5.74) is 5.86. The van der Waals surface area contributed by atoms with E-state index >= 15 is 0 Å². The van der Waals surface area contributed by atoms with Gasteiger partial charge in [-0.1, -0.05) is 57.5 Å². The van der Waals surface area contributed by atoms with E-state index in [4.69, 9.17) is 0 Å². The lowest BCUT2D eigenvalue weighted by molar-refractivity contribution is 0.449. The van der Waals surface area contributed by atoms with Gasteiger partial charge in [0, 0.05) is 0 Å². The van der Waals surface area contributed by atoms with Gasteiger partial charge in [0.25, 0.3) is 0 Å². The van der Waals surface area contributed by atoms with Crippen molar-refractivity contribution in [3.63, 3.8) is 0 Å². The SMILES string of the molecule is C/C=C(\c1cc2cccc(C)c2cc1C)C(C)(C)CCC. The van der Waals surface area contributed by atoms with Crippen LogP contribution in [0.15, 0.2) is 36.4 Å². The molecule has 0 heterocycles. The molecule has 112 valence electrons. The largest absolute Gasteiger partial charge is 0.0833 e. The first-order valence-corrected chi connectivity index (χ1v) is 8.08. The molecule has 2 rings (SSSR count). The van der Waals surface area contributed by atoms with Gasteiger partial charge in [-0.15, -0.1) is 0 Å². The van der Waals surface area contributed by atoms with Crippen molar-refractivity contribution in [2.75, 3.05) is 0 Å². The number of rotatable bonds is 4. The summed E-state index contributed by atoms with van der Waals surface area (Å²) in [6.45, 7) is 13.6. The average Bonchev–Trinajstić information content (AvgIpc) is 2.41. The van der Waals surface area contributed by atoms with Crippen LogP contribution in [0.25, 0.3) is 16.3 Å². The zero-order chi connectivity index (χ0) is 15.6. The Morgan fingerprint density at radius 3 is 2.43 bits per heavy atom. The van der Waals surface area contributed by atoms with Crippen LogP contribution in [0.4, 0.5) is 0 Å². The Kier molecular flexibility index (Phi) is 4.56. The van der Waals surface area contributed by atoms with Gasteiger partial charge in [-0.05, 0) is 71.7 Å². The molecule has 2 aromatic carbocycles. The highest BCUT2D eigenvalue weighted by Gasteiger charge is 2.24. The van der Waals surface area contributed by atoms with E-state index in [1.807, 2.05) is 0 Å². The van der Waals surface area contributed by atoms with Crippen molar-refractivity contribution in [3.8, 4) is 0 Å². The van der Waals surface area contributed by atoms with Gasteiger partial charge >= 0.3 is 0 Å². The van der Waals surface area contributed by atoms with Crippen LogP contribution in [0.2, 0.25) is 0 Å². The Morgan fingerprint density at radius 1 is 1.10 bits per heavy atom. The van der Waals surface area contributed by atoms with Crippen LogP contribution in [-0.4, -0.2) is 0 Å². The number of hydrogen-bond donors (Lipinski definition) is 0. The van der Waals surface area contributed by atoms with Crippen LogP contribution in [0.1, 0.15) is 57.2 Å². The third-order valence-electron chi connectivity index (χ3n) is 4.63. The van der Waals surface area contributed by atoms with Crippen LogP contribution < -0.4 is 0 Å². The molecule has 0 bridgehead atoms. The van der Waals surface area contributed by atoms with Gasteiger partial charge in [0.1, 0.15) is 0 Å². The first-order valence-electron chi connectivity index (χ1n) is 8.08. The Labute approximate surface area is 129 Å². The van der Waals surface area contributed by atoms with E-state index in [-0.39, 0.29) is 5.41 Å². The van der Waals surface area contributed by atoms with Gasteiger partial charge in [0.15, 0.2) is 0 Å². The topological polar surface area (TPSA) is 0 Å². The lowest BCUT2D eigenvalue weighted by atomic mass is 9.75. The summed E-state index contributed by atoms with van der Waals surface area (Å²) in [4.78, 5) is 0. The first kappa shape index (κ1) is 15.8. The van der Waals surface area contributed by atoms with E-state index in [9.17, 15) is 0 Å². The van der Waals surface area contributed by atoms with Crippen LogP contribution in [-0.2, 0) is 0 Å². The molecule has 0 N–H and O–H groups in total. The van der Waals surface area contributed by atoms with E-state index in [1.54, 1.807) is 0 Å². The lowest BCUT2D eigenvalue weighted by Crippen LogP contribution is -2.14. The van der Waals surface area contributed by atoms with Gasteiger partial charge < -0.3 is 0 Å². The summed E-state index contributed by atoms with van der Waals surface area (Å²) >= 11 is 0. The maximum atomic E-state index is 2.38. The van der Waals surface area contributed by atoms with Gasteiger partial charge in [-0.3, -0.25) is 0 Å². The molecule has 0 spiro atoms. The second-order valence-electron chi connectivity index (χ2n) is 6.80. The third-order valence-corrected chi connectivity index (χ3v) is 4.63. The molecule has 0 unspecified atom stereocenters. The smallest absolute Gasteiger partial charge is 0.0101 e. The number of fused-ring (bicyclic) bond motifs is 1. The fourth-order valence-corrected chi connectivity index (χ4v) is 3.55. The predicted molar refractivity (Wildman–Crippen MR) is 95.8 cm³/mol. The van der Waals surface area contributed by atoms with E-state index < -0.39 is 0 Å². The number of benzene rings is 2. The highest BCUT2D eigenvalue weighted by atomic mass is 14.3. The summed E-state index contributed by atoms with van der Waals surface area (Å²) in [6, 6.07) is 11.3. The Hall–Kier alpha value is -1.56. The zero-order valence-electron chi connectivity index (χ0n) is 14.4. The van der Waals surface area contributed by atoms with Crippen molar-refractivity contribution in [3.05, 3.63) is 53.1 Å². The van der Waals surface area contributed by atoms with Crippen molar-refractivity contribution in [1.82, 2.24) is 0 Å². The highest BCUT2D eigenvalue weighted by molar-refractivity contribution is 5.90. The molecule has 21 heavy (non-hydrogen) atoms. The molecule has 0 fully saturated rings. The van der Waals surface area contributed by atoms with Crippen molar-refractivity contribution in [2.45, 2.75) is 54.4 Å². The molecule has 0 saturated heterocycles. The quantitative estimate of drug-likeness (QED) is 0.585. The molecule has 0 amide bonds.